The van der Waals surface area contributed by atoms with Crippen molar-refractivity contribution in [3.63, 3.8) is 0 Å². The zero-order valence-corrected chi connectivity index (χ0v) is 8.81. The van der Waals surface area contributed by atoms with Gasteiger partial charge in [-0.25, -0.2) is 0 Å². The van der Waals surface area contributed by atoms with Gasteiger partial charge in [0.25, 0.3) is 0 Å². The summed E-state index contributed by atoms with van der Waals surface area (Å²) in [6.45, 7) is 5.49. The Labute approximate surface area is 80.8 Å². The lowest BCUT2D eigenvalue weighted by Gasteiger charge is -2.27. The van der Waals surface area contributed by atoms with Gasteiger partial charge in [0.1, 0.15) is 0 Å². The molecule has 3 aliphatic rings. The highest BCUT2D eigenvalue weighted by Gasteiger charge is 2.74. The van der Waals surface area contributed by atoms with Crippen molar-refractivity contribution in [2.45, 2.75) is 51.6 Å². The monoisotopic (exact) mass is 180 g/mol. The predicted octanol–water partition coefficient (Wildman–Crippen LogP) is 2.99. The summed E-state index contributed by atoms with van der Waals surface area (Å²) in [6.07, 6.45) is 7.16. The fourth-order valence-electron chi connectivity index (χ4n) is 4.51. The number of hydrogen-bond donors (Lipinski definition) is 0. The second-order valence-electron chi connectivity index (χ2n) is 5.70. The minimum absolute atomic E-state index is 0.372. The Hall–Kier alpha value is -0.0400. The van der Waals surface area contributed by atoms with Gasteiger partial charge in [-0.3, -0.25) is 0 Å². The van der Waals surface area contributed by atoms with Gasteiger partial charge in [0, 0.05) is 12.0 Å². The van der Waals surface area contributed by atoms with Crippen molar-refractivity contribution in [2.24, 2.45) is 17.3 Å². The highest BCUT2D eigenvalue weighted by molar-refractivity contribution is 5.24. The third kappa shape index (κ3) is 0.918. The summed E-state index contributed by atoms with van der Waals surface area (Å²) < 4.78 is 6.02. The molecule has 2 bridgehead atoms. The van der Waals surface area contributed by atoms with Crippen LogP contribution in [0.3, 0.4) is 0 Å². The molecule has 0 aromatic carbocycles. The van der Waals surface area contributed by atoms with Gasteiger partial charge in [-0.1, -0.05) is 6.92 Å². The van der Waals surface area contributed by atoms with E-state index >= 15 is 0 Å². The standard InChI is InChI=1S/C12H20O/c1-3-13-12-7-10-4-9(2)5-11(12,6-10)8-12/h9-10H,3-8H2,1-2H3. The van der Waals surface area contributed by atoms with Crippen LogP contribution in [-0.4, -0.2) is 12.2 Å². The summed E-state index contributed by atoms with van der Waals surface area (Å²) in [6, 6.07) is 0. The maximum Gasteiger partial charge on any atom is 0.0748 e. The Morgan fingerprint density at radius 2 is 2.15 bits per heavy atom. The number of ether oxygens (including phenoxy) is 1. The number of rotatable bonds is 2. The first-order valence-corrected chi connectivity index (χ1v) is 5.84. The van der Waals surface area contributed by atoms with Gasteiger partial charge >= 0.3 is 0 Å². The molecule has 4 unspecified atom stereocenters. The Kier molecular flexibility index (Phi) is 1.47. The van der Waals surface area contributed by atoms with Crippen LogP contribution >= 0.6 is 0 Å². The van der Waals surface area contributed by atoms with E-state index in [-0.39, 0.29) is 0 Å². The molecule has 0 heterocycles. The molecule has 3 aliphatic carbocycles. The van der Waals surface area contributed by atoms with E-state index in [1.54, 1.807) is 0 Å². The maximum absolute atomic E-state index is 6.02. The summed E-state index contributed by atoms with van der Waals surface area (Å²) in [5.74, 6) is 1.97. The summed E-state index contributed by atoms with van der Waals surface area (Å²) >= 11 is 0. The fraction of sp³-hybridized carbons (Fsp3) is 1.00. The molecular weight excluding hydrogens is 160 g/mol. The maximum atomic E-state index is 6.02. The first kappa shape index (κ1) is 8.28. The zero-order valence-electron chi connectivity index (χ0n) is 8.81. The van der Waals surface area contributed by atoms with Gasteiger partial charge < -0.3 is 4.74 Å². The fourth-order valence-corrected chi connectivity index (χ4v) is 4.51. The normalized spacial score (nSPS) is 57.7. The van der Waals surface area contributed by atoms with Gasteiger partial charge in [-0.05, 0) is 50.9 Å². The van der Waals surface area contributed by atoms with Crippen LogP contribution in [-0.2, 0) is 4.74 Å². The van der Waals surface area contributed by atoms with Crippen LogP contribution in [0.2, 0.25) is 0 Å². The summed E-state index contributed by atoms with van der Waals surface area (Å²) in [5.41, 5.74) is 1.03. The van der Waals surface area contributed by atoms with Crippen LogP contribution < -0.4 is 0 Å². The van der Waals surface area contributed by atoms with E-state index in [4.69, 9.17) is 4.74 Å². The first-order chi connectivity index (χ1) is 6.20. The molecule has 74 valence electrons. The number of hydrogen-bond acceptors (Lipinski definition) is 1. The molecule has 1 spiro atoms. The van der Waals surface area contributed by atoms with Crippen molar-refractivity contribution in [1.82, 2.24) is 0 Å². The molecule has 3 fully saturated rings. The third-order valence-corrected chi connectivity index (χ3v) is 4.66. The molecule has 0 saturated heterocycles. The number of fused-ring (bicyclic) bond motifs is 1. The molecule has 0 radical (unpaired) electrons. The molecule has 3 rings (SSSR count). The Morgan fingerprint density at radius 1 is 1.31 bits per heavy atom. The van der Waals surface area contributed by atoms with Crippen LogP contribution in [0.4, 0.5) is 0 Å². The minimum Gasteiger partial charge on any atom is -0.375 e. The molecule has 0 aliphatic heterocycles. The van der Waals surface area contributed by atoms with Crippen LogP contribution in [0.25, 0.3) is 0 Å². The average Bonchev–Trinajstić information content (AvgIpc) is 2.47. The molecule has 1 nitrogen and oxygen atoms in total. The van der Waals surface area contributed by atoms with Crippen molar-refractivity contribution >= 4 is 0 Å². The van der Waals surface area contributed by atoms with Gasteiger partial charge in [-0.15, -0.1) is 0 Å². The van der Waals surface area contributed by atoms with Crippen LogP contribution in [0, 0.1) is 17.3 Å². The lowest BCUT2D eigenvalue weighted by atomic mass is 9.77. The van der Waals surface area contributed by atoms with Gasteiger partial charge in [-0.2, -0.15) is 0 Å². The van der Waals surface area contributed by atoms with Gasteiger partial charge in [0.2, 0.25) is 0 Å². The van der Waals surface area contributed by atoms with E-state index < -0.39 is 0 Å². The quantitative estimate of drug-likeness (QED) is 0.634. The smallest absolute Gasteiger partial charge is 0.0748 e. The zero-order chi connectivity index (χ0) is 9.10. The molecule has 0 amide bonds. The lowest BCUT2D eigenvalue weighted by molar-refractivity contribution is 0.0180. The molecule has 1 heteroatoms. The van der Waals surface area contributed by atoms with E-state index in [9.17, 15) is 0 Å². The second kappa shape index (κ2) is 2.31. The predicted molar refractivity (Wildman–Crippen MR) is 52.5 cm³/mol. The molecule has 0 aromatic rings. The van der Waals surface area contributed by atoms with Crippen molar-refractivity contribution < 1.29 is 4.74 Å². The molecule has 0 aromatic heterocycles. The van der Waals surface area contributed by atoms with Crippen LogP contribution in [0.5, 0.6) is 0 Å². The van der Waals surface area contributed by atoms with Gasteiger partial charge in [0.15, 0.2) is 0 Å². The summed E-state index contributed by atoms with van der Waals surface area (Å²) in [5, 5.41) is 0. The van der Waals surface area contributed by atoms with Crippen molar-refractivity contribution in [3.8, 4) is 0 Å². The van der Waals surface area contributed by atoms with E-state index in [1.165, 1.54) is 32.1 Å². The van der Waals surface area contributed by atoms with E-state index in [1.807, 2.05) is 0 Å². The second-order valence-corrected chi connectivity index (χ2v) is 5.70. The summed E-state index contributed by atoms with van der Waals surface area (Å²) in [7, 11) is 0. The highest BCUT2D eigenvalue weighted by atomic mass is 16.5. The lowest BCUT2D eigenvalue weighted by Crippen LogP contribution is -2.20. The third-order valence-electron chi connectivity index (χ3n) is 4.66. The Balaban J connectivity index is 1.84. The van der Waals surface area contributed by atoms with Crippen molar-refractivity contribution in [3.05, 3.63) is 0 Å². The van der Waals surface area contributed by atoms with Crippen LogP contribution in [0.1, 0.15) is 46.0 Å². The Bertz CT molecular complexity index is 235. The SMILES string of the molecule is CCOC12CC3CC(C)CC1(C3)C2. The largest absolute Gasteiger partial charge is 0.375 e. The highest BCUT2D eigenvalue weighted by Crippen LogP contribution is 2.75. The van der Waals surface area contributed by atoms with E-state index in [0.29, 0.717) is 11.0 Å². The molecule has 0 N–H and O–H groups in total. The molecular formula is C12H20O. The molecule has 3 saturated carbocycles. The Morgan fingerprint density at radius 3 is 2.92 bits per heavy atom. The average molecular weight is 180 g/mol. The van der Waals surface area contributed by atoms with Crippen molar-refractivity contribution in [2.75, 3.05) is 6.61 Å². The topological polar surface area (TPSA) is 9.23 Å². The van der Waals surface area contributed by atoms with E-state index in [2.05, 4.69) is 13.8 Å². The van der Waals surface area contributed by atoms with Crippen molar-refractivity contribution in [1.29, 1.82) is 0 Å². The first-order valence-electron chi connectivity index (χ1n) is 5.84. The van der Waals surface area contributed by atoms with Crippen LogP contribution in [0.15, 0.2) is 0 Å². The molecule has 4 atom stereocenters. The molecule has 13 heavy (non-hydrogen) atoms. The van der Waals surface area contributed by atoms with E-state index in [0.717, 1.165) is 18.4 Å². The minimum atomic E-state index is 0.372. The summed E-state index contributed by atoms with van der Waals surface area (Å²) in [4.78, 5) is 0. The van der Waals surface area contributed by atoms with Gasteiger partial charge in [0.05, 0.1) is 5.60 Å².